The molecular formula is C19H32N4O. The quantitative estimate of drug-likeness (QED) is 0.832. The summed E-state index contributed by atoms with van der Waals surface area (Å²) in [7, 11) is 1.99. The van der Waals surface area contributed by atoms with Crippen LogP contribution in [0.25, 0.3) is 0 Å². The molecule has 1 spiro atoms. The number of rotatable bonds is 5. The maximum Gasteiger partial charge on any atom is 0.222 e. The monoisotopic (exact) mass is 332 g/mol. The number of unbranched alkanes of at least 4 members (excludes halogenated alkanes) is 1. The summed E-state index contributed by atoms with van der Waals surface area (Å²) in [6.07, 6.45) is 8.75. The summed E-state index contributed by atoms with van der Waals surface area (Å²) in [6, 6.07) is 0. The number of piperidine rings is 2. The van der Waals surface area contributed by atoms with Gasteiger partial charge < -0.3 is 4.90 Å². The zero-order valence-electron chi connectivity index (χ0n) is 15.6. The molecule has 0 radical (unpaired) electrons. The molecule has 2 aliphatic heterocycles. The van der Waals surface area contributed by atoms with Crippen molar-refractivity contribution in [2.45, 2.75) is 58.9 Å². The zero-order chi connectivity index (χ0) is 17.2. The number of amides is 1. The highest BCUT2D eigenvalue weighted by atomic mass is 16.2. The Hall–Kier alpha value is -1.36. The van der Waals surface area contributed by atoms with Gasteiger partial charge in [-0.3, -0.25) is 14.4 Å². The first-order valence-corrected chi connectivity index (χ1v) is 9.50. The summed E-state index contributed by atoms with van der Waals surface area (Å²) < 4.78 is 1.91. The van der Waals surface area contributed by atoms with Crippen molar-refractivity contribution in [1.29, 1.82) is 0 Å². The van der Waals surface area contributed by atoms with Gasteiger partial charge in [0.1, 0.15) is 0 Å². The zero-order valence-corrected chi connectivity index (χ0v) is 15.6. The lowest BCUT2D eigenvalue weighted by Gasteiger charge is -2.48. The fourth-order valence-corrected chi connectivity index (χ4v) is 4.48. The van der Waals surface area contributed by atoms with E-state index in [1.165, 1.54) is 24.9 Å². The normalized spacial score (nSPS) is 25.6. The minimum absolute atomic E-state index is 0.315. The van der Waals surface area contributed by atoms with Gasteiger partial charge >= 0.3 is 0 Å². The van der Waals surface area contributed by atoms with Crippen LogP contribution in [-0.2, 0) is 18.4 Å². The number of carbonyl (C=O) groups excluding carboxylic acids is 1. The molecule has 2 aliphatic rings. The molecule has 0 unspecified atom stereocenters. The fourth-order valence-electron chi connectivity index (χ4n) is 4.48. The van der Waals surface area contributed by atoms with E-state index in [0.717, 1.165) is 57.6 Å². The smallest absolute Gasteiger partial charge is 0.222 e. The average Bonchev–Trinajstić information content (AvgIpc) is 2.86. The predicted molar refractivity (Wildman–Crippen MR) is 95.6 cm³/mol. The van der Waals surface area contributed by atoms with E-state index in [4.69, 9.17) is 0 Å². The van der Waals surface area contributed by atoms with E-state index < -0.39 is 0 Å². The number of aryl methyl sites for hydroxylation is 2. The molecule has 2 saturated heterocycles. The van der Waals surface area contributed by atoms with Gasteiger partial charge in [0.25, 0.3) is 0 Å². The lowest BCUT2D eigenvalue weighted by atomic mass is 9.73. The molecule has 0 saturated carbocycles. The van der Waals surface area contributed by atoms with Crippen LogP contribution in [0, 0.1) is 12.3 Å². The van der Waals surface area contributed by atoms with Gasteiger partial charge in [-0.1, -0.05) is 13.3 Å². The molecule has 1 atom stereocenters. The molecule has 5 nitrogen and oxygen atoms in total. The summed E-state index contributed by atoms with van der Waals surface area (Å²) in [5.74, 6) is 0.370. The van der Waals surface area contributed by atoms with Gasteiger partial charge in [0, 0.05) is 56.8 Å². The molecule has 0 aromatic carbocycles. The number of hydrogen-bond donors (Lipinski definition) is 0. The minimum Gasteiger partial charge on any atom is -0.342 e. The number of carbonyl (C=O) groups is 1. The van der Waals surface area contributed by atoms with Crippen LogP contribution in [0.4, 0.5) is 0 Å². The van der Waals surface area contributed by atoms with E-state index in [9.17, 15) is 4.79 Å². The number of hydrogen-bond acceptors (Lipinski definition) is 3. The van der Waals surface area contributed by atoms with Gasteiger partial charge in [-0.05, 0) is 39.2 Å². The summed E-state index contributed by atoms with van der Waals surface area (Å²) in [6.45, 7) is 9.48. The predicted octanol–water partition coefficient (Wildman–Crippen LogP) is 2.73. The molecule has 1 amide bonds. The van der Waals surface area contributed by atoms with Crippen molar-refractivity contribution in [2.24, 2.45) is 12.5 Å². The molecule has 3 rings (SSSR count). The first-order valence-electron chi connectivity index (χ1n) is 9.50. The van der Waals surface area contributed by atoms with Crippen molar-refractivity contribution in [3.8, 4) is 0 Å². The molecule has 1 aromatic rings. The van der Waals surface area contributed by atoms with Gasteiger partial charge in [0.15, 0.2) is 0 Å². The number of aromatic nitrogens is 2. The van der Waals surface area contributed by atoms with Crippen LogP contribution in [0.3, 0.4) is 0 Å². The highest BCUT2D eigenvalue weighted by Gasteiger charge is 2.41. The molecule has 5 heteroatoms. The SMILES string of the molecule is CCCCN1C[C@@]2(CCCN(Cc3cn(C)nc3C)C2)CCC1=O. The minimum atomic E-state index is 0.315. The Morgan fingerprint density at radius 2 is 2.12 bits per heavy atom. The van der Waals surface area contributed by atoms with Gasteiger partial charge in [-0.25, -0.2) is 0 Å². The molecular weight excluding hydrogens is 300 g/mol. The molecule has 0 N–H and O–H groups in total. The molecule has 2 fully saturated rings. The standard InChI is InChI=1S/C19H32N4O/c1-4-5-11-23-15-19(9-7-18(23)24)8-6-10-22(14-19)13-17-12-21(3)20-16(17)2/h12H,4-11,13-15H2,1-3H3/t19-/m0/s1. The third-order valence-electron chi connectivity index (χ3n) is 5.78. The maximum atomic E-state index is 12.2. The average molecular weight is 332 g/mol. The van der Waals surface area contributed by atoms with Crippen LogP contribution in [0.5, 0.6) is 0 Å². The topological polar surface area (TPSA) is 41.4 Å². The van der Waals surface area contributed by atoms with Gasteiger partial charge in [0.05, 0.1) is 5.69 Å². The van der Waals surface area contributed by atoms with E-state index in [0.29, 0.717) is 11.3 Å². The molecule has 1 aromatic heterocycles. The van der Waals surface area contributed by atoms with E-state index in [-0.39, 0.29) is 0 Å². The van der Waals surface area contributed by atoms with E-state index in [1.807, 2.05) is 11.7 Å². The Morgan fingerprint density at radius 3 is 2.83 bits per heavy atom. The van der Waals surface area contributed by atoms with Crippen molar-refractivity contribution in [2.75, 3.05) is 26.2 Å². The second kappa shape index (κ2) is 7.26. The number of nitrogens with zero attached hydrogens (tertiary/aromatic N) is 4. The summed E-state index contributed by atoms with van der Waals surface area (Å²) in [5, 5.41) is 4.47. The molecule has 0 aliphatic carbocycles. The van der Waals surface area contributed by atoms with Gasteiger partial charge in [0.2, 0.25) is 5.91 Å². The summed E-state index contributed by atoms with van der Waals surface area (Å²) in [4.78, 5) is 17.0. The van der Waals surface area contributed by atoms with Crippen molar-refractivity contribution in [3.05, 3.63) is 17.5 Å². The van der Waals surface area contributed by atoms with Crippen LogP contribution in [0.1, 0.15) is 56.7 Å². The van der Waals surface area contributed by atoms with Crippen LogP contribution in [0.2, 0.25) is 0 Å². The Morgan fingerprint density at radius 1 is 1.29 bits per heavy atom. The Bertz CT molecular complexity index is 582. The van der Waals surface area contributed by atoms with E-state index >= 15 is 0 Å². The molecule has 134 valence electrons. The fraction of sp³-hybridized carbons (Fsp3) is 0.789. The summed E-state index contributed by atoms with van der Waals surface area (Å²) >= 11 is 0. The van der Waals surface area contributed by atoms with Crippen molar-refractivity contribution >= 4 is 5.91 Å². The van der Waals surface area contributed by atoms with Gasteiger partial charge in [-0.2, -0.15) is 5.10 Å². The lowest BCUT2D eigenvalue weighted by molar-refractivity contribution is -0.139. The Labute approximate surface area is 146 Å². The van der Waals surface area contributed by atoms with Crippen molar-refractivity contribution < 1.29 is 4.79 Å². The summed E-state index contributed by atoms with van der Waals surface area (Å²) in [5.41, 5.74) is 2.79. The third-order valence-corrected chi connectivity index (χ3v) is 5.78. The highest BCUT2D eigenvalue weighted by Crippen LogP contribution is 2.39. The highest BCUT2D eigenvalue weighted by molar-refractivity contribution is 5.77. The first kappa shape index (κ1) is 17.5. The third kappa shape index (κ3) is 3.82. The largest absolute Gasteiger partial charge is 0.342 e. The van der Waals surface area contributed by atoms with Gasteiger partial charge in [-0.15, -0.1) is 0 Å². The maximum absolute atomic E-state index is 12.2. The van der Waals surface area contributed by atoms with Crippen LogP contribution in [-0.4, -0.2) is 51.7 Å². The van der Waals surface area contributed by atoms with Crippen molar-refractivity contribution in [3.63, 3.8) is 0 Å². The van der Waals surface area contributed by atoms with Crippen molar-refractivity contribution in [1.82, 2.24) is 19.6 Å². The second-order valence-electron chi connectivity index (χ2n) is 7.90. The number of likely N-dealkylation sites (tertiary alicyclic amines) is 2. The molecule has 3 heterocycles. The van der Waals surface area contributed by atoms with E-state index in [1.54, 1.807) is 0 Å². The molecule has 24 heavy (non-hydrogen) atoms. The first-order chi connectivity index (χ1) is 11.5. The second-order valence-corrected chi connectivity index (χ2v) is 7.90. The Balaban J connectivity index is 1.65. The van der Waals surface area contributed by atoms with Crippen LogP contribution in [0.15, 0.2) is 6.20 Å². The lowest BCUT2D eigenvalue weighted by Crippen LogP contribution is -2.53. The van der Waals surface area contributed by atoms with E-state index in [2.05, 4.69) is 34.9 Å². The van der Waals surface area contributed by atoms with Crippen LogP contribution < -0.4 is 0 Å². The molecule has 0 bridgehead atoms. The van der Waals surface area contributed by atoms with Crippen LogP contribution >= 0.6 is 0 Å². The Kier molecular flexibility index (Phi) is 5.28.